The van der Waals surface area contributed by atoms with Crippen LogP contribution in [0.1, 0.15) is 16.7 Å². The number of aryl methyl sites for hydroxylation is 2. The van der Waals surface area contributed by atoms with E-state index in [4.69, 9.17) is 0 Å². The van der Waals surface area contributed by atoms with Gasteiger partial charge in [-0.05, 0) is 72.5 Å². The number of carbonyl (C=O) groups excluding carboxylic acids is 1. The van der Waals surface area contributed by atoms with Gasteiger partial charge in [0.2, 0.25) is 0 Å². The van der Waals surface area contributed by atoms with Crippen LogP contribution in [0, 0.1) is 12.7 Å². The number of anilines is 1. The number of rotatable bonds is 7. The van der Waals surface area contributed by atoms with Crippen molar-refractivity contribution in [3.05, 3.63) is 89.5 Å². The minimum absolute atomic E-state index is 0.0855. The highest BCUT2D eigenvalue weighted by atomic mass is 32.2. The lowest BCUT2D eigenvalue weighted by Gasteiger charge is -2.10. The van der Waals surface area contributed by atoms with Crippen molar-refractivity contribution in [1.29, 1.82) is 0 Å². The van der Waals surface area contributed by atoms with Gasteiger partial charge < -0.3 is 10.6 Å². The van der Waals surface area contributed by atoms with Crippen molar-refractivity contribution in [3.63, 3.8) is 0 Å². The van der Waals surface area contributed by atoms with Crippen molar-refractivity contribution in [2.75, 3.05) is 11.1 Å². The van der Waals surface area contributed by atoms with Crippen LogP contribution < -0.4 is 10.6 Å². The Hall–Kier alpha value is -3.26. The Kier molecular flexibility index (Phi) is 6.79. The molecule has 0 saturated carbocycles. The van der Waals surface area contributed by atoms with E-state index in [0.717, 1.165) is 16.7 Å². The van der Waals surface area contributed by atoms with Crippen LogP contribution in [0.5, 0.6) is 0 Å². The Morgan fingerprint density at radius 3 is 2.53 bits per heavy atom. The molecule has 0 fully saturated rings. The summed E-state index contributed by atoms with van der Waals surface area (Å²) >= 11 is 0. The van der Waals surface area contributed by atoms with Gasteiger partial charge in [0.1, 0.15) is 5.82 Å². The first kappa shape index (κ1) is 21.4. The lowest BCUT2D eigenvalue weighted by Crippen LogP contribution is -2.28. The van der Waals surface area contributed by atoms with Gasteiger partial charge in [0, 0.05) is 24.6 Å². The van der Waals surface area contributed by atoms with Crippen LogP contribution in [0.4, 0.5) is 14.9 Å². The summed E-state index contributed by atoms with van der Waals surface area (Å²) in [7, 11) is -3.51. The number of nitrogens with zero attached hydrogens (tertiary/aromatic N) is 1. The fourth-order valence-corrected chi connectivity index (χ4v) is 4.18. The van der Waals surface area contributed by atoms with Gasteiger partial charge in [0.15, 0.2) is 9.84 Å². The number of halogens is 1. The molecule has 2 N–H and O–H groups in total. The van der Waals surface area contributed by atoms with E-state index in [0.29, 0.717) is 18.7 Å². The van der Waals surface area contributed by atoms with Gasteiger partial charge in [0.05, 0.1) is 10.6 Å². The van der Waals surface area contributed by atoms with E-state index in [9.17, 15) is 17.6 Å². The van der Waals surface area contributed by atoms with Crippen LogP contribution in [0.2, 0.25) is 0 Å². The number of sulfone groups is 1. The summed E-state index contributed by atoms with van der Waals surface area (Å²) < 4.78 is 38.4. The number of amides is 2. The third-order valence-corrected chi connectivity index (χ3v) is 6.32. The highest BCUT2D eigenvalue weighted by Crippen LogP contribution is 2.18. The normalized spacial score (nSPS) is 11.1. The molecule has 0 aliphatic heterocycles. The molecule has 0 aliphatic carbocycles. The summed E-state index contributed by atoms with van der Waals surface area (Å²) in [4.78, 5) is 16.1. The second-order valence-electron chi connectivity index (χ2n) is 6.83. The molecule has 0 bridgehead atoms. The van der Waals surface area contributed by atoms with E-state index in [2.05, 4.69) is 15.6 Å². The molecule has 6 nitrogen and oxygen atoms in total. The fourth-order valence-electron chi connectivity index (χ4n) is 2.91. The molecule has 2 aromatic carbocycles. The van der Waals surface area contributed by atoms with Gasteiger partial charge in [-0.25, -0.2) is 17.6 Å². The van der Waals surface area contributed by atoms with E-state index in [1.807, 2.05) is 6.07 Å². The number of hydrogen-bond donors (Lipinski definition) is 2. The lowest BCUT2D eigenvalue weighted by atomic mass is 10.1. The first-order valence-electron chi connectivity index (χ1n) is 9.35. The molecule has 3 rings (SSSR count). The maximum atomic E-state index is 13.2. The van der Waals surface area contributed by atoms with Gasteiger partial charge in [-0.3, -0.25) is 4.98 Å². The molecule has 1 heterocycles. The van der Waals surface area contributed by atoms with Gasteiger partial charge >= 0.3 is 6.03 Å². The van der Waals surface area contributed by atoms with Crippen LogP contribution in [-0.4, -0.2) is 25.2 Å². The van der Waals surface area contributed by atoms with E-state index in [-0.39, 0.29) is 16.5 Å². The largest absolute Gasteiger partial charge is 0.334 e. The number of hydrogen-bond acceptors (Lipinski definition) is 4. The van der Waals surface area contributed by atoms with E-state index in [1.165, 1.54) is 24.3 Å². The van der Waals surface area contributed by atoms with Crippen molar-refractivity contribution in [2.45, 2.75) is 24.8 Å². The number of urea groups is 1. The highest BCUT2D eigenvalue weighted by molar-refractivity contribution is 7.91. The first-order valence-corrected chi connectivity index (χ1v) is 11.0. The van der Waals surface area contributed by atoms with Crippen molar-refractivity contribution in [3.8, 4) is 0 Å². The van der Waals surface area contributed by atoms with E-state index in [1.54, 1.807) is 43.6 Å². The van der Waals surface area contributed by atoms with Crippen molar-refractivity contribution in [1.82, 2.24) is 10.3 Å². The monoisotopic (exact) mass is 427 g/mol. The van der Waals surface area contributed by atoms with E-state index >= 15 is 0 Å². The van der Waals surface area contributed by atoms with Gasteiger partial charge in [-0.15, -0.1) is 0 Å². The second kappa shape index (κ2) is 9.49. The molecule has 0 radical (unpaired) electrons. The zero-order chi connectivity index (χ0) is 21.6. The Bertz CT molecular complexity index is 1120. The molecule has 2 amide bonds. The van der Waals surface area contributed by atoms with Crippen molar-refractivity contribution in [2.24, 2.45) is 0 Å². The summed E-state index contributed by atoms with van der Waals surface area (Å²) in [6.07, 6.45) is 3.61. The Morgan fingerprint density at radius 2 is 1.87 bits per heavy atom. The topological polar surface area (TPSA) is 88.2 Å². The molecule has 0 aliphatic rings. The standard InChI is InChI=1S/C22H22FN3O3S/c1-16-13-19(23)5-4-18(16)10-12-30(28,29)21-8-6-20(7-9-21)26-22(27)25-15-17-3-2-11-24-14-17/h2-9,11,13-14H,10,12,15H2,1H3,(H2,25,26,27). The maximum absolute atomic E-state index is 13.2. The molecular weight excluding hydrogens is 405 g/mol. The molecule has 156 valence electrons. The highest BCUT2D eigenvalue weighted by Gasteiger charge is 2.15. The number of aromatic nitrogens is 1. The Labute approximate surface area is 175 Å². The summed E-state index contributed by atoms with van der Waals surface area (Å²) in [5.41, 5.74) is 2.86. The minimum atomic E-state index is -3.51. The summed E-state index contributed by atoms with van der Waals surface area (Å²) in [5, 5.41) is 5.37. The first-order chi connectivity index (χ1) is 14.3. The average molecular weight is 428 g/mol. The van der Waals surface area contributed by atoms with Gasteiger partial charge in [-0.2, -0.15) is 0 Å². The number of benzene rings is 2. The minimum Gasteiger partial charge on any atom is -0.334 e. The Balaban J connectivity index is 1.56. The zero-order valence-electron chi connectivity index (χ0n) is 16.4. The lowest BCUT2D eigenvalue weighted by molar-refractivity contribution is 0.251. The molecule has 0 spiro atoms. The quantitative estimate of drug-likeness (QED) is 0.599. The number of nitrogens with one attached hydrogen (secondary N) is 2. The van der Waals surface area contributed by atoms with Crippen molar-refractivity contribution >= 4 is 21.6 Å². The smallest absolute Gasteiger partial charge is 0.319 e. The molecule has 3 aromatic rings. The van der Waals surface area contributed by atoms with E-state index < -0.39 is 15.9 Å². The average Bonchev–Trinajstić information content (AvgIpc) is 2.73. The van der Waals surface area contributed by atoms with Crippen LogP contribution in [0.15, 0.2) is 71.9 Å². The molecule has 1 aromatic heterocycles. The number of pyridine rings is 1. The molecule has 0 unspecified atom stereocenters. The Morgan fingerprint density at radius 1 is 1.10 bits per heavy atom. The van der Waals surface area contributed by atoms with Gasteiger partial charge in [0.25, 0.3) is 0 Å². The van der Waals surface area contributed by atoms with Crippen LogP contribution >= 0.6 is 0 Å². The predicted molar refractivity (Wildman–Crippen MR) is 113 cm³/mol. The maximum Gasteiger partial charge on any atom is 0.319 e. The third kappa shape index (κ3) is 5.87. The molecule has 0 atom stereocenters. The third-order valence-electron chi connectivity index (χ3n) is 4.59. The van der Waals surface area contributed by atoms with Gasteiger partial charge in [-0.1, -0.05) is 12.1 Å². The summed E-state index contributed by atoms with van der Waals surface area (Å²) in [6.45, 7) is 2.08. The molecule has 30 heavy (non-hydrogen) atoms. The number of carbonyl (C=O) groups is 1. The molecular formula is C22H22FN3O3S. The van der Waals surface area contributed by atoms with Crippen LogP contribution in [-0.2, 0) is 22.8 Å². The SMILES string of the molecule is Cc1cc(F)ccc1CCS(=O)(=O)c1ccc(NC(=O)NCc2cccnc2)cc1. The van der Waals surface area contributed by atoms with Crippen LogP contribution in [0.25, 0.3) is 0 Å². The molecule has 0 saturated heterocycles. The zero-order valence-corrected chi connectivity index (χ0v) is 17.2. The van der Waals surface area contributed by atoms with Crippen molar-refractivity contribution < 1.29 is 17.6 Å². The molecule has 8 heteroatoms. The van der Waals surface area contributed by atoms with Crippen LogP contribution in [0.3, 0.4) is 0 Å². The summed E-state index contributed by atoms with van der Waals surface area (Å²) in [6, 6.07) is 13.6. The fraction of sp³-hybridized carbons (Fsp3) is 0.182. The second-order valence-corrected chi connectivity index (χ2v) is 8.94. The predicted octanol–water partition coefficient (Wildman–Crippen LogP) is 3.87. The summed E-state index contributed by atoms with van der Waals surface area (Å²) in [5.74, 6) is -0.427.